The lowest BCUT2D eigenvalue weighted by molar-refractivity contribution is 0.101. The maximum atomic E-state index is 13.3. The average molecular weight is 330 g/mol. The lowest BCUT2D eigenvalue weighted by Crippen LogP contribution is -2.14. The lowest BCUT2D eigenvalue weighted by atomic mass is 10.3. The van der Waals surface area contributed by atoms with Crippen LogP contribution in [0.2, 0.25) is 0 Å². The molecule has 0 radical (unpaired) electrons. The highest BCUT2D eigenvalue weighted by molar-refractivity contribution is 6.01. The predicted octanol–water partition coefficient (Wildman–Crippen LogP) is 2.81. The third-order valence-corrected chi connectivity index (χ3v) is 3.21. The number of rotatable bonds is 4. The summed E-state index contributed by atoms with van der Waals surface area (Å²) in [5, 5.41) is 6.59. The molecule has 2 aromatic carbocycles. The summed E-state index contributed by atoms with van der Waals surface area (Å²) < 4.78 is 32.4. The van der Waals surface area contributed by atoms with E-state index < -0.39 is 17.5 Å². The quantitative estimate of drug-likeness (QED) is 0.799. The van der Waals surface area contributed by atoms with Crippen LogP contribution in [0.15, 0.2) is 48.8 Å². The number of nitrogens with zero attached hydrogens (tertiary/aromatic N) is 3. The molecule has 0 aliphatic rings. The fourth-order valence-electron chi connectivity index (χ4n) is 1.98. The zero-order chi connectivity index (χ0) is 17.1. The molecule has 3 rings (SSSR count). The van der Waals surface area contributed by atoms with Crippen molar-refractivity contribution in [1.29, 1.82) is 0 Å². The fourth-order valence-corrected chi connectivity index (χ4v) is 1.98. The summed E-state index contributed by atoms with van der Waals surface area (Å²) in [5.74, 6) is -1.94. The SMILES string of the molecule is COc1ccc(NC(=O)c2ncn(-c3ccc(F)c(F)c3)n2)cc1. The molecule has 8 heteroatoms. The van der Waals surface area contributed by atoms with Crippen molar-refractivity contribution in [3.8, 4) is 11.4 Å². The van der Waals surface area contributed by atoms with Crippen molar-refractivity contribution in [3.63, 3.8) is 0 Å². The Balaban J connectivity index is 1.76. The van der Waals surface area contributed by atoms with E-state index in [1.165, 1.54) is 17.1 Å². The van der Waals surface area contributed by atoms with Gasteiger partial charge in [0.2, 0.25) is 5.82 Å². The minimum atomic E-state index is -1.01. The van der Waals surface area contributed by atoms with Crippen LogP contribution < -0.4 is 10.1 Å². The third kappa shape index (κ3) is 3.22. The topological polar surface area (TPSA) is 69.0 Å². The highest BCUT2D eigenvalue weighted by atomic mass is 19.2. The Morgan fingerprint density at radius 1 is 1.12 bits per heavy atom. The van der Waals surface area contributed by atoms with E-state index in [9.17, 15) is 13.6 Å². The van der Waals surface area contributed by atoms with Gasteiger partial charge < -0.3 is 10.1 Å². The van der Waals surface area contributed by atoms with Crippen molar-refractivity contribution in [2.24, 2.45) is 0 Å². The monoisotopic (exact) mass is 330 g/mol. The Morgan fingerprint density at radius 2 is 1.88 bits per heavy atom. The number of benzene rings is 2. The van der Waals surface area contributed by atoms with E-state index in [2.05, 4.69) is 15.4 Å². The number of halogens is 2. The van der Waals surface area contributed by atoms with Crippen molar-refractivity contribution >= 4 is 11.6 Å². The molecular weight excluding hydrogens is 318 g/mol. The lowest BCUT2D eigenvalue weighted by Gasteiger charge is -2.04. The normalized spacial score (nSPS) is 10.5. The van der Waals surface area contributed by atoms with Crippen LogP contribution in [0.5, 0.6) is 5.75 Å². The van der Waals surface area contributed by atoms with Gasteiger partial charge in [-0.2, -0.15) is 0 Å². The standard InChI is InChI=1S/C16H12F2N4O2/c1-24-12-5-2-10(3-6-12)20-16(23)15-19-9-22(21-15)11-4-7-13(17)14(18)8-11/h2-9H,1H3,(H,20,23). The Kier molecular flexibility index (Phi) is 4.19. The van der Waals surface area contributed by atoms with Gasteiger partial charge in [-0.25, -0.2) is 18.4 Å². The Hall–Kier alpha value is -3.29. The maximum absolute atomic E-state index is 13.3. The van der Waals surface area contributed by atoms with Crippen molar-refractivity contribution in [2.75, 3.05) is 12.4 Å². The molecule has 0 saturated carbocycles. The molecule has 3 aromatic rings. The highest BCUT2D eigenvalue weighted by Crippen LogP contribution is 2.16. The van der Waals surface area contributed by atoms with Gasteiger partial charge in [-0.1, -0.05) is 0 Å². The molecule has 24 heavy (non-hydrogen) atoms. The molecule has 0 atom stereocenters. The molecule has 0 spiro atoms. The minimum absolute atomic E-state index is 0.101. The van der Waals surface area contributed by atoms with Crippen LogP contribution in [0.4, 0.5) is 14.5 Å². The van der Waals surface area contributed by atoms with Crippen LogP contribution in [0.1, 0.15) is 10.6 Å². The van der Waals surface area contributed by atoms with Gasteiger partial charge in [-0.3, -0.25) is 4.79 Å². The van der Waals surface area contributed by atoms with Crippen molar-refractivity contribution in [3.05, 3.63) is 66.3 Å². The number of nitrogens with one attached hydrogen (secondary N) is 1. The van der Waals surface area contributed by atoms with Gasteiger partial charge in [0.25, 0.3) is 5.91 Å². The summed E-state index contributed by atoms with van der Waals surface area (Å²) in [7, 11) is 1.54. The van der Waals surface area contributed by atoms with Gasteiger partial charge >= 0.3 is 0 Å². The number of carbonyl (C=O) groups is 1. The van der Waals surface area contributed by atoms with Gasteiger partial charge in [-0.15, -0.1) is 5.10 Å². The molecule has 6 nitrogen and oxygen atoms in total. The summed E-state index contributed by atoms with van der Waals surface area (Å²) in [6, 6.07) is 10.0. The van der Waals surface area contributed by atoms with Crippen LogP contribution >= 0.6 is 0 Å². The number of methoxy groups -OCH3 is 1. The van der Waals surface area contributed by atoms with E-state index in [0.29, 0.717) is 11.4 Å². The molecule has 0 aliphatic heterocycles. The molecule has 1 N–H and O–H groups in total. The van der Waals surface area contributed by atoms with E-state index in [4.69, 9.17) is 4.74 Å². The van der Waals surface area contributed by atoms with Crippen LogP contribution in [0.25, 0.3) is 5.69 Å². The third-order valence-electron chi connectivity index (χ3n) is 3.21. The van der Waals surface area contributed by atoms with Crippen LogP contribution in [-0.4, -0.2) is 27.8 Å². The van der Waals surface area contributed by atoms with Crippen LogP contribution in [0, 0.1) is 11.6 Å². The minimum Gasteiger partial charge on any atom is -0.497 e. The van der Waals surface area contributed by atoms with Crippen LogP contribution in [-0.2, 0) is 0 Å². The zero-order valence-electron chi connectivity index (χ0n) is 12.5. The van der Waals surface area contributed by atoms with Crippen molar-refractivity contribution in [1.82, 2.24) is 14.8 Å². The zero-order valence-corrected chi connectivity index (χ0v) is 12.5. The fraction of sp³-hybridized carbons (Fsp3) is 0.0625. The maximum Gasteiger partial charge on any atom is 0.295 e. The van der Waals surface area contributed by atoms with Gasteiger partial charge in [0, 0.05) is 11.8 Å². The Bertz CT molecular complexity index is 878. The number of hydrogen-bond acceptors (Lipinski definition) is 4. The van der Waals surface area contributed by atoms with E-state index in [-0.39, 0.29) is 11.5 Å². The molecular formula is C16H12F2N4O2. The summed E-state index contributed by atoms with van der Waals surface area (Å²) in [5.41, 5.74) is 0.801. The van der Waals surface area contributed by atoms with E-state index in [1.54, 1.807) is 31.4 Å². The molecule has 0 unspecified atom stereocenters. The van der Waals surface area contributed by atoms with E-state index in [0.717, 1.165) is 12.1 Å². The number of ether oxygens (including phenoxy) is 1. The largest absolute Gasteiger partial charge is 0.497 e. The number of aromatic nitrogens is 3. The number of amides is 1. The van der Waals surface area contributed by atoms with Gasteiger partial charge in [0.15, 0.2) is 11.6 Å². The van der Waals surface area contributed by atoms with Crippen molar-refractivity contribution in [2.45, 2.75) is 0 Å². The molecule has 1 aromatic heterocycles. The summed E-state index contributed by atoms with van der Waals surface area (Å²) in [6.45, 7) is 0. The first-order valence-corrected chi connectivity index (χ1v) is 6.89. The predicted molar refractivity (Wildman–Crippen MR) is 82.2 cm³/mol. The molecule has 0 fully saturated rings. The van der Waals surface area contributed by atoms with Gasteiger partial charge in [-0.05, 0) is 36.4 Å². The first-order chi connectivity index (χ1) is 11.6. The second-order valence-corrected chi connectivity index (χ2v) is 4.79. The molecule has 122 valence electrons. The first-order valence-electron chi connectivity index (χ1n) is 6.89. The second kappa shape index (κ2) is 6.45. The summed E-state index contributed by atoms with van der Waals surface area (Å²) >= 11 is 0. The second-order valence-electron chi connectivity index (χ2n) is 4.79. The molecule has 1 heterocycles. The highest BCUT2D eigenvalue weighted by Gasteiger charge is 2.13. The Morgan fingerprint density at radius 3 is 2.54 bits per heavy atom. The van der Waals surface area contributed by atoms with Gasteiger partial charge in [0.05, 0.1) is 12.8 Å². The van der Waals surface area contributed by atoms with Gasteiger partial charge in [0.1, 0.15) is 12.1 Å². The van der Waals surface area contributed by atoms with Crippen molar-refractivity contribution < 1.29 is 18.3 Å². The number of carbonyl (C=O) groups excluding carboxylic acids is 1. The summed E-state index contributed by atoms with van der Waals surface area (Å²) in [6.07, 6.45) is 1.25. The van der Waals surface area contributed by atoms with E-state index in [1.807, 2.05) is 0 Å². The molecule has 1 amide bonds. The Labute approximate surface area is 135 Å². The smallest absolute Gasteiger partial charge is 0.295 e. The molecule has 0 saturated heterocycles. The molecule has 0 bridgehead atoms. The average Bonchev–Trinajstić information content (AvgIpc) is 3.08. The number of anilines is 1. The van der Waals surface area contributed by atoms with E-state index >= 15 is 0 Å². The van der Waals surface area contributed by atoms with Crippen LogP contribution in [0.3, 0.4) is 0 Å². The molecule has 0 aliphatic carbocycles. The summed E-state index contributed by atoms with van der Waals surface area (Å²) in [4.78, 5) is 16.0. The first kappa shape index (κ1) is 15.6. The number of hydrogen-bond donors (Lipinski definition) is 1.